The van der Waals surface area contributed by atoms with Gasteiger partial charge in [0.2, 0.25) is 17.7 Å². The number of thiazole rings is 1. The van der Waals surface area contributed by atoms with Gasteiger partial charge in [-0.25, -0.2) is 4.98 Å². The van der Waals surface area contributed by atoms with Crippen molar-refractivity contribution < 1.29 is 14.4 Å². The predicted octanol–water partition coefficient (Wildman–Crippen LogP) is 4.32. The van der Waals surface area contributed by atoms with Gasteiger partial charge < -0.3 is 16.0 Å². The van der Waals surface area contributed by atoms with Crippen molar-refractivity contribution in [2.75, 3.05) is 21.7 Å². The van der Waals surface area contributed by atoms with E-state index in [4.69, 9.17) is 0 Å². The fourth-order valence-corrected chi connectivity index (χ4v) is 4.29. The molecular weight excluding hydrogens is 432 g/mol. The number of nitrogens with one attached hydrogen (secondary N) is 3. The highest BCUT2D eigenvalue weighted by Crippen LogP contribution is 2.23. The van der Waals surface area contributed by atoms with E-state index >= 15 is 0 Å². The van der Waals surface area contributed by atoms with Crippen molar-refractivity contribution in [1.82, 2.24) is 4.98 Å². The van der Waals surface area contributed by atoms with E-state index in [1.165, 1.54) is 30.0 Å². The third-order valence-electron chi connectivity index (χ3n) is 4.00. The lowest BCUT2D eigenvalue weighted by atomic mass is 10.2. The Bertz CT molecular complexity index is 1080. The van der Waals surface area contributed by atoms with Crippen LogP contribution < -0.4 is 16.0 Å². The highest BCUT2D eigenvalue weighted by Gasteiger charge is 2.11. The zero-order valence-electron chi connectivity index (χ0n) is 17.1. The summed E-state index contributed by atoms with van der Waals surface area (Å²) < 4.78 is 0.731. The van der Waals surface area contributed by atoms with E-state index in [2.05, 4.69) is 20.9 Å². The fraction of sp³-hybridized carbons (Fsp3) is 0.182. The van der Waals surface area contributed by atoms with Crippen molar-refractivity contribution in [1.29, 1.82) is 0 Å². The largest absolute Gasteiger partial charge is 0.326 e. The molecule has 1 heterocycles. The maximum absolute atomic E-state index is 12.3. The van der Waals surface area contributed by atoms with Crippen LogP contribution in [0.4, 0.5) is 17.1 Å². The molecule has 0 bridgehead atoms. The molecule has 0 fully saturated rings. The van der Waals surface area contributed by atoms with Crippen LogP contribution >= 0.6 is 23.1 Å². The van der Waals surface area contributed by atoms with Crippen LogP contribution in [0.25, 0.3) is 0 Å². The second kappa shape index (κ2) is 10.7. The summed E-state index contributed by atoms with van der Waals surface area (Å²) in [5, 5.41) is 10.1. The van der Waals surface area contributed by atoms with Crippen LogP contribution in [0.5, 0.6) is 0 Å². The van der Waals surface area contributed by atoms with Crippen LogP contribution in [0.15, 0.2) is 58.3 Å². The number of carbonyl (C=O) groups is 3. The number of nitrogens with zero attached hydrogens (tertiary/aromatic N) is 1. The number of thioether (sulfide) groups is 1. The molecule has 1 aromatic heterocycles. The van der Waals surface area contributed by atoms with Crippen molar-refractivity contribution in [3.05, 3.63) is 65.2 Å². The van der Waals surface area contributed by atoms with Crippen LogP contribution in [-0.4, -0.2) is 28.5 Å². The number of carbonyl (C=O) groups excluding carboxylic acids is 3. The lowest BCUT2D eigenvalue weighted by molar-refractivity contribution is -0.116. The molecule has 0 spiro atoms. The lowest BCUT2D eigenvalue weighted by Gasteiger charge is -2.07. The molecule has 0 aliphatic heterocycles. The number of amides is 3. The molecule has 3 N–H and O–H groups in total. The van der Waals surface area contributed by atoms with Gasteiger partial charge in [-0.2, -0.15) is 0 Å². The van der Waals surface area contributed by atoms with Crippen molar-refractivity contribution >= 4 is 57.9 Å². The molecule has 160 valence electrons. The van der Waals surface area contributed by atoms with Crippen LogP contribution in [0.1, 0.15) is 18.2 Å². The van der Waals surface area contributed by atoms with Crippen molar-refractivity contribution in [3.8, 4) is 0 Å². The van der Waals surface area contributed by atoms with E-state index in [1.54, 1.807) is 24.3 Å². The first-order chi connectivity index (χ1) is 14.9. The van der Waals surface area contributed by atoms with E-state index in [9.17, 15) is 14.4 Å². The Morgan fingerprint density at radius 2 is 1.61 bits per heavy atom. The Hall–Kier alpha value is -3.17. The molecule has 0 radical (unpaired) electrons. The zero-order chi connectivity index (χ0) is 22.2. The molecule has 0 aliphatic rings. The number of hydrogen-bond acceptors (Lipinski definition) is 6. The Balaban J connectivity index is 1.47. The first-order valence-electron chi connectivity index (χ1n) is 9.48. The van der Waals surface area contributed by atoms with Crippen LogP contribution in [0.3, 0.4) is 0 Å². The number of rotatable bonds is 8. The SMILES string of the molecule is CC(=O)Nc1cccc(NC(=O)Cc2csc(SCC(=O)Nc3ccc(C)cc3)n2)c1. The van der Waals surface area contributed by atoms with Crippen molar-refractivity contribution in [3.63, 3.8) is 0 Å². The Morgan fingerprint density at radius 3 is 2.32 bits per heavy atom. The maximum Gasteiger partial charge on any atom is 0.234 e. The molecule has 0 saturated heterocycles. The fourth-order valence-electron chi connectivity index (χ4n) is 2.64. The third-order valence-corrected chi connectivity index (χ3v) is 6.07. The summed E-state index contributed by atoms with van der Waals surface area (Å²) in [7, 11) is 0. The van der Waals surface area contributed by atoms with Crippen LogP contribution in [0, 0.1) is 6.92 Å². The van der Waals surface area contributed by atoms with Crippen LogP contribution in [-0.2, 0) is 20.8 Å². The standard InChI is InChI=1S/C22H22N4O3S2/c1-14-6-8-16(9-7-14)24-21(29)13-31-22-26-19(12-30-22)11-20(28)25-18-5-3-4-17(10-18)23-15(2)27/h3-10,12H,11,13H2,1-2H3,(H,23,27)(H,24,29)(H,25,28). The monoisotopic (exact) mass is 454 g/mol. The molecular formula is C22H22N4O3S2. The molecule has 31 heavy (non-hydrogen) atoms. The normalized spacial score (nSPS) is 10.4. The van der Waals surface area contributed by atoms with E-state index in [1.807, 2.05) is 36.6 Å². The Kier molecular flexibility index (Phi) is 7.80. The van der Waals surface area contributed by atoms with Gasteiger partial charge in [-0.05, 0) is 37.3 Å². The van der Waals surface area contributed by atoms with E-state index in [0.717, 1.165) is 15.6 Å². The zero-order valence-corrected chi connectivity index (χ0v) is 18.7. The predicted molar refractivity (Wildman–Crippen MR) is 126 cm³/mol. The summed E-state index contributed by atoms with van der Waals surface area (Å²) in [6.07, 6.45) is 0.122. The van der Waals surface area contributed by atoms with Gasteiger partial charge in [0.25, 0.3) is 0 Å². The summed E-state index contributed by atoms with van der Waals surface area (Å²) >= 11 is 2.74. The first-order valence-corrected chi connectivity index (χ1v) is 11.3. The first kappa shape index (κ1) is 22.5. The number of hydrogen-bond donors (Lipinski definition) is 3. The van der Waals surface area contributed by atoms with E-state index < -0.39 is 0 Å². The summed E-state index contributed by atoms with van der Waals surface area (Å²) in [6.45, 7) is 3.42. The Labute approximate surface area is 188 Å². The van der Waals surface area contributed by atoms with Gasteiger partial charge in [-0.1, -0.05) is 35.5 Å². The second-order valence-electron chi connectivity index (χ2n) is 6.79. The van der Waals surface area contributed by atoms with Gasteiger partial charge >= 0.3 is 0 Å². The minimum Gasteiger partial charge on any atom is -0.326 e. The summed E-state index contributed by atoms with van der Waals surface area (Å²) in [5.41, 5.74) is 3.74. The second-order valence-corrected chi connectivity index (χ2v) is 8.88. The van der Waals surface area contributed by atoms with Gasteiger partial charge in [-0.3, -0.25) is 14.4 Å². The number of benzene rings is 2. The topological polar surface area (TPSA) is 100 Å². The Morgan fingerprint density at radius 1 is 0.935 bits per heavy atom. The molecule has 9 heteroatoms. The molecule has 3 amide bonds. The lowest BCUT2D eigenvalue weighted by Crippen LogP contribution is -2.15. The molecule has 3 aromatic rings. The highest BCUT2D eigenvalue weighted by molar-refractivity contribution is 8.01. The minimum absolute atomic E-state index is 0.109. The molecule has 3 rings (SSSR count). The van der Waals surface area contributed by atoms with E-state index in [-0.39, 0.29) is 29.9 Å². The molecule has 2 aromatic carbocycles. The summed E-state index contributed by atoms with van der Waals surface area (Å²) in [4.78, 5) is 40.0. The van der Waals surface area contributed by atoms with Crippen molar-refractivity contribution in [2.45, 2.75) is 24.6 Å². The molecule has 0 unspecified atom stereocenters. The third kappa shape index (κ3) is 7.54. The average molecular weight is 455 g/mol. The van der Waals surface area contributed by atoms with Gasteiger partial charge in [-0.15, -0.1) is 11.3 Å². The molecule has 0 saturated carbocycles. The summed E-state index contributed by atoms with van der Waals surface area (Å²) in [6, 6.07) is 14.5. The molecule has 0 atom stereocenters. The van der Waals surface area contributed by atoms with Gasteiger partial charge in [0, 0.05) is 29.4 Å². The number of aromatic nitrogens is 1. The van der Waals surface area contributed by atoms with E-state index in [0.29, 0.717) is 17.1 Å². The quantitative estimate of drug-likeness (QED) is 0.440. The molecule has 0 aliphatic carbocycles. The minimum atomic E-state index is -0.209. The van der Waals surface area contributed by atoms with Gasteiger partial charge in [0.1, 0.15) is 0 Å². The highest BCUT2D eigenvalue weighted by atomic mass is 32.2. The number of anilines is 3. The van der Waals surface area contributed by atoms with Crippen LogP contribution in [0.2, 0.25) is 0 Å². The number of aryl methyl sites for hydroxylation is 1. The maximum atomic E-state index is 12.3. The average Bonchev–Trinajstić information content (AvgIpc) is 3.15. The molecule has 7 nitrogen and oxygen atoms in total. The van der Waals surface area contributed by atoms with Gasteiger partial charge in [0.05, 0.1) is 17.9 Å². The smallest absolute Gasteiger partial charge is 0.234 e. The summed E-state index contributed by atoms with van der Waals surface area (Å²) in [5.74, 6) is -0.256. The van der Waals surface area contributed by atoms with Gasteiger partial charge in [0.15, 0.2) is 4.34 Å². The van der Waals surface area contributed by atoms with Crippen molar-refractivity contribution in [2.24, 2.45) is 0 Å².